The molecule has 0 unspecified atom stereocenters. The van der Waals surface area contributed by atoms with Crippen LogP contribution >= 0.6 is 0 Å². The summed E-state index contributed by atoms with van der Waals surface area (Å²) in [5, 5.41) is 22.7. The topological polar surface area (TPSA) is 80.3 Å². The first-order valence-corrected chi connectivity index (χ1v) is 8.44. The first kappa shape index (κ1) is 24.5. The van der Waals surface area contributed by atoms with Gasteiger partial charge in [-0.25, -0.2) is 0 Å². The Morgan fingerprint density at radius 3 is 1.27 bits per heavy atom. The minimum absolute atomic E-state index is 0. The Balaban J connectivity index is 0. The Labute approximate surface area is 165 Å². The van der Waals surface area contributed by atoms with Gasteiger partial charge in [-0.05, 0) is 12.8 Å². The average molecular weight is 339 g/mol. The molecule has 0 radical (unpaired) electrons. The van der Waals surface area contributed by atoms with E-state index in [1.807, 2.05) is 0 Å². The van der Waals surface area contributed by atoms with Gasteiger partial charge in [-0.1, -0.05) is 78.1 Å². The van der Waals surface area contributed by atoms with Crippen molar-refractivity contribution < 1.29 is 19.8 Å². The van der Waals surface area contributed by atoms with E-state index in [1.54, 1.807) is 0 Å². The van der Waals surface area contributed by atoms with Gasteiger partial charge in [0.05, 0.1) is 11.9 Å². The minimum Gasteiger partial charge on any atom is -0.549 e. The maximum absolute atomic E-state index is 11.4. The van der Waals surface area contributed by atoms with Gasteiger partial charge in [0, 0.05) is 5.41 Å². The van der Waals surface area contributed by atoms with Crippen LogP contribution in [0.25, 0.3) is 0 Å². The molecule has 0 aromatic rings. The van der Waals surface area contributed by atoms with Crippen LogP contribution in [-0.2, 0) is 9.59 Å². The van der Waals surface area contributed by atoms with Gasteiger partial charge in [-0.3, -0.25) is 0 Å². The van der Waals surface area contributed by atoms with Crippen molar-refractivity contribution in [2.24, 2.45) is 5.41 Å². The molecular formula is C17H30CaO4. The Bertz CT molecular complexity index is 275. The molecule has 0 fully saturated rings. The van der Waals surface area contributed by atoms with Gasteiger partial charge in [0.2, 0.25) is 0 Å². The molecular weight excluding hydrogens is 308 g/mol. The number of rotatable bonds is 14. The number of hydrogen-bond acceptors (Lipinski definition) is 4. The van der Waals surface area contributed by atoms with Crippen molar-refractivity contribution in [1.29, 1.82) is 0 Å². The fourth-order valence-electron chi connectivity index (χ4n) is 2.68. The summed E-state index contributed by atoms with van der Waals surface area (Å²) < 4.78 is 0. The summed E-state index contributed by atoms with van der Waals surface area (Å²) in [4.78, 5) is 22.7. The summed E-state index contributed by atoms with van der Waals surface area (Å²) in [5.74, 6) is -2.96. The monoisotopic (exact) mass is 338 g/mol. The van der Waals surface area contributed by atoms with Crippen molar-refractivity contribution in [3.05, 3.63) is 0 Å². The maximum atomic E-state index is 11.4. The van der Waals surface area contributed by atoms with Crippen molar-refractivity contribution in [2.45, 2.75) is 90.9 Å². The molecule has 0 aliphatic heterocycles. The van der Waals surface area contributed by atoms with E-state index in [0.717, 1.165) is 51.4 Å². The predicted octanol–water partition coefficient (Wildman–Crippen LogP) is 1.81. The first-order valence-electron chi connectivity index (χ1n) is 8.44. The molecule has 0 N–H and O–H groups in total. The molecule has 0 aromatic carbocycles. The zero-order valence-corrected chi connectivity index (χ0v) is 16.5. The summed E-state index contributed by atoms with van der Waals surface area (Å²) in [6.45, 7) is 4.20. The third kappa shape index (κ3) is 9.36. The van der Waals surface area contributed by atoms with Gasteiger partial charge in [0.15, 0.2) is 0 Å². The predicted molar refractivity (Wildman–Crippen MR) is 85.0 cm³/mol. The van der Waals surface area contributed by atoms with E-state index in [2.05, 4.69) is 13.8 Å². The molecule has 0 heterocycles. The number of unbranched alkanes of at least 4 members (excludes halogenated alkanes) is 8. The van der Waals surface area contributed by atoms with Crippen LogP contribution in [-0.4, -0.2) is 49.7 Å². The number of carbonyl (C=O) groups is 2. The molecule has 0 bridgehead atoms. The van der Waals surface area contributed by atoms with E-state index < -0.39 is 17.4 Å². The summed E-state index contributed by atoms with van der Waals surface area (Å²) in [7, 11) is 0. The number of carbonyl (C=O) groups excluding carboxylic acids is 2. The normalized spacial score (nSPS) is 11.0. The van der Waals surface area contributed by atoms with Crippen LogP contribution in [0.3, 0.4) is 0 Å². The summed E-state index contributed by atoms with van der Waals surface area (Å²) >= 11 is 0. The molecule has 0 aliphatic rings. The van der Waals surface area contributed by atoms with Crippen LogP contribution < -0.4 is 10.2 Å². The molecule has 0 saturated carbocycles. The van der Waals surface area contributed by atoms with Crippen LogP contribution in [0, 0.1) is 5.41 Å². The van der Waals surface area contributed by atoms with Gasteiger partial charge < -0.3 is 19.8 Å². The Morgan fingerprint density at radius 2 is 1.00 bits per heavy atom. The molecule has 22 heavy (non-hydrogen) atoms. The van der Waals surface area contributed by atoms with Crippen LogP contribution in [0.5, 0.6) is 0 Å². The average Bonchev–Trinajstić information content (AvgIpc) is 2.44. The van der Waals surface area contributed by atoms with Gasteiger partial charge in [-0.15, -0.1) is 0 Å². The van der Waals surface area contributed by atoms with Gasteiger partial charge in [0.25, 0.3) is 0 Å². The number of carboxylic acid groups (broad SMARTS) is 2. The fraction of sp³-hybridized carbons (Fsp3) is 0.882. The second-order valence-corrected chi connectivity index (χ2v) is 5.99. The molecule has 4 nitrogen and oxygen atoms in total. The van der Waals surface area contributed by atoms with Crippen molar-refractivity contribution >= 4 is 49.7 Å². The smallest absolute Gasteiger partial charge is 0.549 e. The molecule has 0 aromatic heterocycles. The van der Waals surface area contributed by atoms with E-state index in [4.69, 9.17) is 0 Å². The molecule has 0 rings (SSSR count). The van der Waals surface area contributed by atoms with Crippen LogP contribution in [0.1, 0.15) is 90.9 Å². The second kappa shape index (κ2) is 14.8. The third-order valence-electron chi connectivity index (χ3n) is 4.20. The van der Waals surface area contributed by atoms with E-state index in [0.29, 0.717) is 12.8 Å². The van der Waals surface area contributed by atoms with E-state index in [9.17, 15) is 19.8 Å². The van der Waals surface area contributed by atoms with Crippen molar-refractivity contribution in [1.82, 2.24) is 0 Å². The van der Waals surface area contributed by atoms with Gasteiger partial charge in [0.1, 0.15) is 0 Å². The number of aliphatic carboxylic acids is 2. The molecule has 0 saturated heterocycles. The molecule has 0 aliphatic carbocycles. The van der Waals surface area contributed by atoms with E-state index >= 15 is 0 Å². The van der Waals surface area contributed by atoms with Gasteiger partial charge in [-0.2, -0.15) is 0 Å². The van der Waals surface area contributed by atoms with E-state index in [1.165, 1.54) is 0 Å². The van der Waals surface area contributed by atoms with Crippen LogP contribution in [0.2, 0.25) is 0 Å². The van der Waals surface area contributed by atoms with Crippen molar-refractivity contribution in [2.75, 3.05) is 0 Å². The molecule has 124 valence electrons. The Kier molecular flexibility index (Phi) is 16.4. The largest absolute Gasteiger partial charge is 2.00 e. The minimum atomic E-state index is -1.79. The summed E-state index contributed by atoms with van der Waals surface area (Å²) in [6, 6.07) is 0. The fourth-order valence-corrected chi connectivity index (χ4v) is 2.68. The second-order valence-electron chi connectivity index (χ2n) is 5.99. The Hall–Kier alpha value is 0.200. The zero-order valence-electron chi connectivity index (χ0n) is 14.3. The summed E-state index contributed by atoms with van der Waals surface area (Å²) in [5.41, 5.74) is -1.79. The molecule has 0 atom stereocenters. The summed E-state index contributed by atoms with van der Waals surface area (Å²) in [6.07, 6.45) is 9.65. The molecule has 5 heteroatoms. The molecule has 0 amide bonds. The van der Waals surface area contributed by atoms with E-state index in [-0.39, 0.29) is 50.6 Å². The van der Waals surface area contributed by atoms with Crippen molar-refractivity contribution in [3.8, 4) is 0 Å². The SMILES string of the molecule is CCCCCCCC(CCCCCCC)(C(=O)[O-])C(=O)[O-].[Ca+2]. The molecule has 0 spiro atoms. The zero-order chi connectivity index (χ0) is 16.1. The standard InChI is InChI=1S/C17H32O4.Ca/c1-3-5-7-9-11-13-17(15(18)19,16(20)21)14-12-10-8-6-4-2;/h3-14H2,1-2H3,(H,18,19)(H,20,21);/q;+2/p-2. The van der Waals surface area contributed by atoms with Crippen molar-refractivity contribution in [3.63, 3.8) is 0 Å². The maximum Gasteiger partial charge on any atom is 2.00 e. The van der Waals surface area contributed by atoms with Gasteiger partial charge >= 0.3 is 37.7 Å². The third-order valence-corrected chi connectivity index (χ3v) is 4.20. The number of hydrogen-bond donors (Lipinski definition) is 0. The van der Waals surface area contributed by atoms with Crippen LogP contribution in [0.4, 0.5) is 0 Å². The first-order chi connectivity index (χ1) is 10.0. The number of carboxylic acids is 2. The quantitative estimate of drug-likeness (QED) is 0.275. The van der Waals surface area contributed by atoms with Crippen LogP contribution in [0.15, 0.2) is 0 Å². The Morgan fingerprint density at radius 1 is 0.682 bits per heavy atom.